The lowest BCUT2D eigenvalue weighted by Gasteiger charge is -2.17. The second kappa shape index (κ2) is 4.05. The highest BCUT2D eigenvalue weighted by Gasteiger charge is 2.36. The first kappa shape index (κ1) is 11.6. The number of amides is 1. The fourth-order valence-electron chi connectivity index (χ4n) is 2.43. The average molecular weight is 255 g/mol. The number of rotatable bonds is 2. The molecule has 0 unspecified atom stereocenters. The number of anilines is 1. The molecule has 1 aromatic carbocycles. The van der Waals surface area contributed by atoms with Crippen LogP contribution in [0.5, 0.6) is 0 Å². The van der Waals surface area contributed by atoms with Gasteiger partial charge in [-0.2, -0.15) is 5.10 Å². The van der Waals surface area contributed by atoms with Crippen molar-refractivity contribution in [2.24, 2.45) is 7.05 Å². The molecule has 1 aromatic heterocycles. The van der Waals surface area contributed by atoms with Gasteiger partial charge in [0.15, 0.2) is 0 Å². The van der Waals surface area contributed by atoms with Gasteiger partial charge in [-0.25, -0.2) is 0 Å². The zero-order valence-corrected chi connectivity index (χ0v) is 10.8. The normalized spacial score (nSPS) is 14.1. The summed E-state index contributed by atoms with van der Waals surface area (Å²) in [6, 6.07) is 5.40. The van der Waals surface area contributed by atoms with Crippen LogP contribution in [0.1, 0.15) is 21.5 Å². The fraction of sp³-hybridized carbons (Fsp3) is 0.214. The molecule has 0 saturated carbocycles. The Morgan fingerprint density at radius 1 is 1.26 bits per heavy atom. The van der Waals surface area contributed by atoms with Gasteiger partial charge >= 0.3 is 0 Å². The molecule has 0 radical (unpaired) electrons. The van der Waals surface area contributed by atoms with Gasteiger partial charge in [-0.15, -0.1) is 0 Å². The first-order chi connectivity index (χ1) is 9.08. The number of benzene rings is 1. The Morgan fingerprint density at radius 3 is 2.74 bits per heavy atom. The lowest BCUT2D eigenvalue weighted by molar-refractivity contribution is -0.114. The number of fused-ring (bicyclic) bond motifs is 1. The molecule has 1 aliphatic heterocycles. The van der Waals surface area contributed by atoms with Crippen LogP contribution in [-0.4, -0.2) is 21.5 Å². The molecule has 0 aliphatic carbocycles. The number of carbonyl (C=O) groups excluding carboxylic acids is 2. The van der Waals surface area contributed by atoms with E-state index in [1.807, 2.05) is 26.2 Å². The molecule has 0 fully saturated rings. The van der Waals surface area contributed by atoms with Crippen molar-refractivity contribution in [3.8, 4) is 0 Å². The Hall–Kier alpha value is -2.43. The fourth-order valence-corrected chi connectivity index (χ4v) is 2.43. The van der Waals surface area contributed by atoms with E-state index in [-0.39, 0.29) is 0 Å². The minimum Gasteiger partial charge on any atom is -0.300 e. The van der Waals surface area contributed by atoms with E-state index in [1.165, 1.54) is 4.90 Å². The molecular weight excluding hydrogens is 242 g/mol. The van der Waals surface area contributed by atoms with Crippen LogP contribution in [0.15, 0.2) is 30.6 Å². The highest BCUT2D eigenvalue weighted by Crippen LogP contribution is 2.33. The molecule has 0 spiro atoms. The standard InChI is InChI=1S/C14H13N3O2/c1-9-4-3-5-11-12(9)17(14(19)13(11)18)8-10-6-15-16(2)7-10/h3-7H,8H2,1-2H3. The van der Waals surface area contributed by atoms with Crippen molar-refractivity contribution in [2.75, 3.05) is 4.90 Å². The van der Waals surface area contributed by atoms with E-state index in [9.17, 15) is 9.59 Å². The third-order valence-electron chi connectivity index (χ3n) is 3.29. The number of nitrogens with zero attached hydrogens (tertiary/aromatic N) is 3. The molecule has 0 N–H and O–H groups in total. The van der Waals surface area contributed by atoms with Gasteiger partial charge in [0.05, 0.1) is 24.0 Å². The predicted molar refractivity (Wildman–Crippen MR) is 69.9 cm³/mol. The first-order valence-corrected chi connectivity index (χ1v) is 6.01. The van der Waals surface area contributed by atoms with Gasteiger partial charge in [-0.05, 0) is 18.6 Å². The number of Topliss-reactive ketones (excluding diaryl/α,β-unsaturated/α-hetero) is 1. The van der Waals surface area contributed by atoms with Gasteiger partial charge in [-0.1, -0.05) is 12.1 Å². The van der Waals surface area contributed by atoms with Crippen molar-refractivity contribution < 1.29 is 9.59 Å². The van der Waals surface area contributed by atoms with E-state index in [4.69, 9.17) is 0 Å². The summed E-state index contributed by atoms with van der Waals surface area (Å²) >= 11 is 0. The van der Waals surface area contributed by atoms with E-state index in [0.29, 0.717) is 12.1 Å². The first-order valence-electron chi connectivity index (χ1n) is 6.01. The molecule has 2 heterocycles. The highest BCUT2D eigenvalue weighted by molar-refractivity contribution is 6.52. The Labute approximate surface area is 110 Å². The van der Waals surface area contributed by atoms with E-state index in [2.05, 4.69) is 5.10 Å². The van der Waals surface area contributed by atoms with Gasteiger partial charge in [0.25, 0.3) is 11.7 Å². The molecule has 96 valence electrons. The third-order valence-corrected chi connectivity index (χ3v) is 3.29. The maximum Gasteiger partial charge on any atom is 0.299 e. The average Bonchev–Trinajstić information content (AvgIpc) is 2.89. The molecule has 2 aromatic rings. The molecule has 5 heteroatoms. The van der Waals surface area contributed by atoms with E-state index in [1.54, 1.807) is 23.0 Å². The topological polar surface area (TPSA) is 55.2 Å². The van der Waals surface area contributed by atoms with Crippen LogP contribution in [0, 0.1) is 6.92 Å². The Kier molecular flexibility index (Phi) is 2.48. The van der Waals surface area contributed by atoms with Gasteiger partial charge in [-0.3, -0.25) is 19.2 Å². The molecule has 19 heavy (non-hydrogen) atoms. The molecule has 0 atom stereocenters. The second-order valence-electron chi connectivity index (χ2n) is 4.71. The van der Waals surface area contributed by atoms with Gasteiger partial charge in [0.2, 0.25) is 0 Å². The molecule has 1 amide bonds. The van der Waals surface area contributed by atoms with Crippen molar-refractivity contribution in [2.45, 2.75) is 13.5 Å². The van der Waals surface area contributed by atoms with Crippen LogP contribution in [0.25, 0.3) is 0 Å². The number of hydrogen-bond donors (Lipinski definition) is 0. The number of aromatic nitrogens is 2. The molecule has 0 bridgehead atoms. The largest absolute Gasteiger partial charge is 0.300 e. The molecule has 0 saturated heterocycles. The van der Waals surface area contributed by atoms with Crippen molar-refractivity contribution in [1.82, 2.24) is 9.78 Å². The van der Waals surface area contributed by atoms with Gasteiger partial charge in [0, 0.05) is 18.8 Å². The lowest BCUT2D eigenvalue weighted by atomic mass is 10.1. The minimum atomic E-state index is -0.465. The molecule has 3 rings (SSSR count). The Morgan fingerprint density at radius 2 is 2.05 bits per heavy atom. The van der Waals surface area contributed by atoms with Crippen molar-refractivity contribution in [1.29, 1.82) is 0 Å². The van der Waals surface area contributed by atoms with Crippen LogP contribution in [0.2, 0.25) is 0 Å². The number of ketones is 1. The van der Waals surface area contributed by atoms with E-state index < -0.39 is 11.7 Å². The zero-order valence-electron chi connectivity index (χ0n) is 10.8. The summed E-state index contributed by atoms with van der Waals surface area (Å²) in [4.78, 5) is 25.5. The monoisotopic (exact) mass is 255 g/mol. The minimum absolute atomic E-state index is 0.371. The molecular formula is C14H13N3O2. The van der Waals surface area contributed by atoms with Crippen molar-refractivity contribution >= 4 is 17.4 Å². The maximum atomic E-state index is 12.1. The van der Waals surface area contributed by atoms with E-state index >= 15 is 0 Å². The van der Waals surface area contributed by atoms with Crippen LogP contribution >= 0.6 is 0 Å². The summed E-state index contributed by atoms with van der Waals surface area (Å²) in [6.45, 7) is 2.28. The number of aryl methyl sites for hydroxylation is 2. The predicted octanol–water partition coefficient (Wildman–Crippen LogP) is 1.46. The summed E-state index contributed by atoms with van der Waals surface area (Å²) in [7, 11) is 1.82. The summed E-state index contributed by atoms with van der Waals surface area (Å²) in [5.74, 6) is -0.893. The SMILES string of the molecule is Cc1cccc2c1N(Cc1cnn(C)c1)C(=O)C2=O. The zero-order chi connectivity index (χ0) is 13.6. The summed E-state index contributed by atoms with van der Waals surface area (Å²) in [5, 5.41) is 4.07. The number of para-hydroxylation sites is 1. The van der Waals surface area contributed by atoms with Crippen LogP contribution in [0.3, 0.4) is 0 Å². The quantitative estimate of drug-likeness (QED) is 0.763. The summed E-state index contributed by atoms with van der Waals surface area (Å²) < 4.78 is 1.68. The summed E-state index contributed by atoms with van der Waals surface area (Å²) in [6.07, 6.45) is 3.54. The van der Waals surface area contributed by atoms with Gasteiger partial charge < -0.3 is 0 Å². The molecule has 1 aliphatic rings. The number of carbonyl (C=O) groups is 2. The van der Waals surface area contributed by atoms with Crippen molar-refractivity contribution in [3.05, 3.63) is 47.3 Å². The van der Waals surface area contributed by atoms with Gasteiger partial charge in [0.1, 0.15) is 0 Å². The molecule has 5 nitrogen and oxygen atoms in total. The lowest BCUT2D eigenvalue weighted by Crippen LogP contribution is -2.29. The third kappa shape index (κ3) is 1.74. The van der Waals surface area contributed by atoms with Crippen molar-refractivity contribution in [3.63, 3.8) is 0 Å². The van der Waals surface area contributed by atoms with Crippen LogP contribution in [-0.2, 0) is 18.4 Å². The summed E-state index contributed by atoms with van der Waals surface area (Å²) in [5.41, 5.74) is 3.05. The second-order valence-corrected chi connectivity index (χ2v) is 4.71. The van der Waals surface area contributed by atoms with Crippen LogP contribution in [0.4, 0.5) is 5.69 Å². The highest BCUT2D eigenvalue weighted by atomic mass is 16.2. The number of hydrogen-bond acceptors (Lipinski definition) is 3. The smallest absolute Gasteiger partial charge is 0.299 e. The van der Waals surface area contributed by atoms with Crippen LogP contribution < -0.4 is 4.90 Å². The maximum absolute atomic E-state index is 12.1. The Balaban J connectivity index is 2.04. The Bertz CT molecular complexity index is 688. The van der Waals surface area contributed by atoms with E-state index in [0.717, 1.165) is 16.8 Å².